The number of fused-ring (bicyclic) bond motifs is 1. The van der Waals surface area contributed by atoms with Crippen molar-refractivity contribution < 1.29 is 30.4 Å². The van der Waals surface area contributed by atoms with Crippen molar-refractivity contribution in [2.75, 3.05) is 25.4 Å². The Bertz CT molecular complexity index is 1850. The van der Waals surface area contributed by atoms with E-state index in [2.05, 4.69) is 83.4 Å². The van der Waals surface area contributed by atoms with Crippen LogP contribution in [-0.2, 0) is 25.7 Å². The van der Waals surface area contributed by atoms with Gasteiger partial charge in [-0.2, -0.15) is 16.8 Å². The van der Waals surface area contributed by atoms with Crippen molar-refractivity contribution in [3.8, 4) is 11.3 Å². The number of nitrogens with zero attached hydrogens (tertiary/aromatic N) is 2. The molecule has 258 valence electrons. The van der Waals surface area contributed by atoms with Crippen LogP contribution in [0.5, 0.6) is 0 Å². The molecule has 0 radical (unpaired) electrons. The van der Waals surface area contributed by atoms with Gasteiger partial charge in [-0.3, -0.25) is 9.11 Å². The average molecular weight is 688 g/mol. The van der Waals surface area contributed by atoms with Gasteiger partial charge < -0.3 is 9.32 Å². The Kier molecular flexibility index (Phi) is 11.2. The van der Waals surface area contributed by atoms with E-state index in [1.165, 1.54) is 6.08 Å². The monoisotopic (exact) mass is 687 g/mol. The van der Waals surface area contributed by atoms with Crippen LogP contribution in [0.3, 0.4) is 0 Å². The second-order valence-electron chi connectivity index (χ2n) is 13.8. The molecule has 11 heteroatoms. The van der Waals surface area contributed by atoms with Crippen LogP contribution in [0.2, 0.25) is 0 Å². The van der Waals surface area contributed by atoms with E-state index in [9.17, 15) is 25.9 Å². The molecule has 0 bridgehead atoms. The summed E-state index contributed by atoms with van der Waals surface area (Å²) in [6.07, 6.45) is 12.2. The van der Waals surface area contributed by atoms with Gasteiger partial charge in [-0.05, 0) is 68.5 Å². The molecule has 2 atom stereocenters. The molecule has 0 spiro atoms. The highest BCUT2D eigenvalue weighted by Gasteiger charge is 2.46. The second kappa shape index (κ2) is 14.2. The number of hydrogen-bond donors (Lipinski definition) is 2. The summed E-state index contributed by atoms with van der Waals surface area (Å²) >= 11 is 0. The summed E-state index contributed by atoms with van der Waals surface area (Å²) in [5.74, 6) is 1.27. The molecule has 47 heavy (non-hydrogen) atoms. The molecule has 0 aromatic heterocycles. The molecule has 0 aromatic rings. The lowest BCUT2D eigenvalue weighted by atomic mass is 9.74. The molecular formula is C36H51N2O7S2+. The Balaban J connectivity index is 1.86. The van der Waals surface area contributed by atoms with E-state index < -0.39 is 30.9 Å². The normalized spacial score (nSPS) is 21.4. The molecule has 2 N–H and O–H groups in total. The van der Waals surface area contributed by atoms with Crippen LogP contribution in [0.25, 0.3) is 17.4 Å². The first-order valence-corrected chi connectivity index (χ1v) is 19.7. The topological polar surface area (TPSA) is 128 Å². The van der Waals surface area contributed by atoms with E-state index >= 15 is 0 Å². The van der Waals surface area contributed by atoms with Crippen molar-refractivity contribution in [3.05, 3.63) is 82.2 Å². The minimum absolute atomic E-state index is 0.148. The zero-order valence-corrected chi connectivity index (χ0v) is 30.4. The smallest absolute Gasteiger partial charge is 0.271 e. The molecule has 4 aliphatic rings. The van der Waals surface area contributed by atoms with Crippen LogP contribution in [-0.4, -0.2) is 61.5 Å². The fraction of sp³-hybridized carbons (Fsp3) is 0.528. The number of unbranched alkanes of at least 4 members (excludes halogenated alkanes) is 1. The molecule has 2 aliphatic heterocycles. The van der Waals surface area contributed by atoms with Gasteiger partial charge in [0, 0.05) is 40.4 Å². The summed E-state index contributed by atoms with van der Waals surface area (Å²) in [5.41, 5.74) is 3.84. The standard InChI is InChI=1S/C36H50N2O7S2/c1-8-11-20-36(7)30-25-28(47(42,43)44)17-19-31(30)38(21-13-22-46(39,40)41)33(36)15-12-14-26-23-34(35(4,5)6)45-32-24-27(16-18-29(26)32)37(9-2)10-3/h12,14-19,23-24,28H,8-11,13,20-22,25H2,1-7H3,(H-,39,40,41,42,43,44)/p+1. The SMILES string of the molecule is CCCCC1(C)C2=C(C=CC(S(=O)(=O)O)C2)N(CCCS(=O)(=O)O)/C1=C\C=C\c1cc(C(C)(C)C)oc2cc(=[N+](CC)CC)ccc1-2. The molecular weight excluding hydrogens is 637 g/mol. The number of benzene rings is 1. The molecule has 0 fully saturated rings. The number of rotatable bonds is 12. The summed E-state index contributed by atoms with van der Waals surface area (Å²) in [6, 6.07) is 8.38. The Labute approximate surface area is 280 Å². The maximum atomic E-state index is 12.2. The quantitative estimate of drug-likeness (QED) is 0.188. The van der Waals surface area contributed by atoms with Crippen LogP contribution < -0.4 is 9.93 Å². The number of allylic oxidation sites excluding steroid dienone is 4. The summed E-state index contributed by atoms with van der Waals surface area (Å²) < 4.78 is 75.7. The highest BCUT2D eigenvalue weighted by Crippen LogP contribution is 2.54. The molecule has 0 aromatic carbocycles. The first-order chi connectivity index (χ1) is 21.9. The molecule has 0 saturated carbocycles. The van der Waals surface area contributed by atoms with E-state index in [0.717, 1.165) is 77.3 Å². The lowest BCUT2D eigenvalue weighted by Crippen LogP contribution is -2.29. The third-order valence-electron chi connectivity index (χ3n) is 9.37. The van der Waals surface area contributed by atoms with Gasteiger partial charge >= 0.3 is 0 Å². The predicted octanol–water partition coefficient (Wildman–Crippen LogP) is 6.65. The van der Waals surface area contributed by atoms with Crippen LogP contribution in [0.15, 0.2) is 70.0 Å². The zero-order chi connectivity index (χ0) is 34.8. The van der Waals surface area contributed by atoms with Crippen molar-refractivity contribution in [1.29, 1.82) is 0 Å². The lowest BCUT2D eigenvalue weighted by Gasteiger charge is -2.33. The molecule has 9 nitrogen and oxygen atoms in total. The Morgan fingerprint density at radius 3 is 2.36 bits per heavy atom. The maximum Gasteiger partial charge on any atom is 0.271 e. The largest absolute Gasteiger partial charge is 0.460 e. The van der Waals surface area contributed by atoms with Gasteiger partial charge in [0.25, 0.3) is 20.2 Å². The molecule has 0 amide bonds. The zero-order valence-electron chi connectivity index (χ0n) is 28.8. The summed E-state index contributed by atoms with van der Waals surface area (Å²) in [5, 5.41) is 0.0497. The van der Waals surface area contributed by atoms with Crippen molar-refractivity contribution >= 4 is 26.3 Å². The molecule has 2 aliphatic carbocycles. The van der Waals surface area contributed by atoms with Crippen LogP contribution in [0, 0.1) is 5.41 Å². The molecule has 0 saturated heterocycles. The Morgan fingerprint density at radius 1 is 1.06 bits per heavy atom. The molecule has 4 rings (SSSR count). The van der Waals surface area contributed by atoms with Crippen molar-refractivity contribution in [2.45, 2.75) is 91.2 Å². The first kappa shape index (κ1) is 36.8. The third kappa shape index (κ3) is 8.36. The van der Waals surface area contributed by atoms with Gasteiger partial charge in [0.15, 0.2) is 0 Å². The van der Waals surface area contributed by atoms with Crippen LogP contribution >= 0.6 is 0 Å². The lowest BCUT2D eigenvalue weighted by molar-refractivity contribution is 0.342. The fourth-order valence-corrected chi connectivity index (χ4v) is 7.83. The van der Waals surface area contributed by atoms with Crippen LogP contribution in [0.4, 0.5) is 0 Å². The summed E-state index contributed by atoms with van der Waals surface area (Å²) in [7, 11) is -8.46. The maximum absolute atomic E-state index is 12.2. The van der Waals surface area contributed by atoms with Gasteiger partial charge in [-0.1, -0.05) is 65.7 Å². The molecule has 2 unspecified atom stereocenters. The van der Waals surface area contributed by atoms with Gasteiger partial charge in [0.2, 0.25) is 5.36 Å². The predicted molar refractivity (Wildman–Crippen MR) is 189 cm³/mol. The van der Waals surface area contributed by atoms with E-state index in [1.54, 1.807) is 6.08 Å². The second-order valence-corrected chi connectivity index (χ2v) is 17.0. The fourth-order valence-electron chi connectivity index (χ4n) is 6.69. The summed E-state index contributed by atoms with van der Waals surface area (Å²) in [6.45, 7) is 16.9. The van der Waals surface area contributed by atoms with E-state index in [-0.39, 0.29) is 24.0 Å². The highest BCUT2D eigenvalue weighted by atomic mass is 32.2. The van der Waals surface area contributed by atoms with Gasteiger partial charge in [-0.25, -0.2) is 4.58 Å². The minimum Gasteiger partial charge on any atom is -0.460 e. The van der Waals surface area contributed by atoms with E-state index in [0.29, 0.717) is 6.54 Å². The van der Waals surface area contributed by atoms with Crippen molar-refractivity contribution in [3.63, 3.8) is 0 Å². The van der Waals surface area contributed by atoms with Gasteiger partial charge in [0.1, 0.15) is 29.9 Å². The van der Waals surface area contributed by atoms with E-state index in [1.807, 2.05) is 17.1 Å². The number of hydrogen-bond acceptors (Lipinski definition) is 6. The van der Waals surface area contributed by atoms with Crippen molar-refractivity contribution in [1.82, 2.24) is 9.48 Å². The van der Waals surface area contributed by atoms with Crippen LogP contribution in [0.1, 0.15) is 91.9 Å². The summed E-state index contributed by atoms with van der Waals surface area (Å²) in [4.78, 5) is 2.05. The van der Waals surface area contributed by atoms with Gasteiger partial charge in [-0.15, -0.1) is 0 Å². The third-order valence-corrected chi connectivity index (χ3v) is 11.3. The van der Waals surface area contributed by atoms with E-state index in [4.69, 9.17) is 4.42 Å². The van der Waals surface area contributed by atoms with Crippen molar-refractivity contribution in [2.24, 2.45) is 5.41 Å². The Morgan fingerprint density at radius 2 is 1.77 bits per heavy atom. The first-order valence-electron chi connectivity index (χ1n) is 16.6. The average Bonchev–Trinajstić information content (AvgIpc) is 3.21. The Hall–Kier alpha value is -2.99. The highest BCUT2D eigenvalue weighted by molar-refractivity contribution is 7.86. The van der Waals surface area contributed by atoms with Gasteiger partial charge in [0.05, 0.1) is 11.8 Å². The minimum atomic E-state index is -4.31. The molecule has 2 heterocycles.